The number of fused-ring (bicyclic) bond motifs is 2. The van der Waals surface area contributed by atoms with Crippen molar-refractivity contribution in [3.63, 3.8) is 0 Å². The second kappa shape index (κ2) is 8.52. The van der Waals surface area contributed by atoms with Gasteiger partial charge in [0.2, 0.25) is 0 Å². The lowest BCUT2D eigenvalue weighted by Gasteiger charge is -2.39. The number of methoxy groups -OCH3 is 1. The van der Waals surface area contributed by atoms with Gasteiger partial charge in [0.05, 0.1) is 12.7 Å². The Hall–Kier alpha value is -2.08. The standard InChI is InChI=1S/C22H32N2O4/c1-22(2,3)28-21(26)24-18-9-10-19(24)14-17(13-18)23-12-11-15-5-7-16(8-6-15)20(25)27-4/h5-8,17-19,23H,9-14H2,1-4H3. The Balaban J connectivity index is 1.46. The molecule has 0 radical (unpaired) electrons. The van der Waals surface area contributed by atoms with Crippen LogP contribution in [0.2, 0.25) is 0 Å². The number of amides is 1. The van der Waals surface area contributed by atoms with Crippen LogP contribution in [0.4, 0.5) is 4.79 Å². The number of nitrogens with zero attached hydrogens (tertiary/aromatic N) is 1. The third-order valence-corrected chi connectivity index (χ3v) is 5.56. The Morgan fingerprint density at radius 2 is 1.71 bits per heavy atom. The van der Waals surface area contributed by atoms with Gasteiger partial charge in [-0.1, -0.05) is 12.1 Å². The SMILES string of the molecule is COC(=O)c1ccc(CCNC2CC3CCC(C2)N3C(=O)OC(C)(C)C)cc1. The lowest BCUT2D eigenvalue weighted by atomic mass is 9.97. The monoisotopic (exact) mass is 388 g/mol. The Kier molecular flexibility index (Phi) is 6.28. The Labute approximate surface area is 167 Å². The van der Waals surface area contributed by atoms with E-state index in [9.17, 15) is 9.59 Å². The van der Waals surface area contributed by atoms with E-state index in [1.54, 1.807) is 12.1 Å². The maximum Gasteiger partial charge on any atom is 0.410 e. The highest BCUT2D eigenvalue weighted by Gasteiger charge is 2.44. The fraction of sp³-hybridized carbons (Fsp3) is 0.636. The third kappa shape index (κ3) is 5.04. The minimum Gasteiger partial charge on any atom is -0.465 e. The molecule has 2 unspecified atom stereocenters. The van der Waals surface area contributed by atoms with Crippen molar-refractivity contribution in [2.75, 3.05) is 13.7 Å². The molecule has 0 aromatic heterocycles. The second-order valence-corrected chi connectivity index (χ2v) is 8.83. The molecule has 28 heavy (non-hydrogen) atoms. The highest BCUT2D eigenvalue weighted by molar-refractivity contribution is 5.89. The predicted molar refractivity (Wildman–Crippen MR) is 107 cm³/mol. The molecule has 154 valence electrons. The first-order chi connectivity index (χ1) is 13.3. The quantitative estimate of drug-likeness (QED) is 0.782. The minimum atomic E-state index is -0.449. The van der Waals surface area contributed by atoms with Crippen LogP contribution in [0, 0.1) is 0 Å². The van der Waals surface area contributed by atoms with Gasteiger partial charge in [-0.25, -0.2) is 9.59 Å². The van der Waals surface area contributed by atoms with Crippen molar-refractivity contribution in [2.45, 2.75) is 76.6 Å². The Morgan fingerprint density at radius 3 is 2.25 bits per heavy atom. The molecular formula is C22H32N2O4. The lowest BCUT2D eigenvalue weighted by molar-refractivity contribution is 0.00476. The van der Waals surface area contributed by atoms with Gasteiger partial charge in [0.1, 0.15) is 5.60 Å². The van der Waals surface area contributed by atoms with E-state index in [2.05, 4.69) is 5.32 Å². The van der Waals surface area contributed by atoms with E-state index >= 15 is 0 Å². The van der Waals surface area contributed by atoms with E-state index in [1.807, 2.05) is 37.8 Å². The van der Waals surface area contributed by atoms with Gasteiger partial charge in [-0.15, -0.1) is 0 Å². The van der Waals surface area contributed by atoms with Crippen molar-refractivity contribution in [2.24, 2.45) is 0 Å². The molecule has 2 bridgehead atoms. The smallest absolute Gasteiger partial charge is 0.410 e. The average Bonchev–Trinajstić information content (AvgIpc) is 2.91. The molecule has 1 aromatic rings. The van der Waals surface area contributed by atoms with E-state index < -0.39 is 5.60 Å². The molecule has 3 rings (SSSR count). The molecule has 6 nitrogen and oxygen atoms in total. The number of esters is 1. The zero-order valence-corrected chi connectivity index (χ0v) is 17.4. The number of carbonyl (C=O) groups excluding carboxylic acids is 2. The molecule has 2 saturated heterocycles. The maximum absolute atomic E-state index is 12.5. The zero-order chi connectivity index (χ0) is 20.3. The molecule has 2 atom stereocenters. The maximum atomic E-state index is 12.5. The fourth-order valence-electron chi connectivity index (χ4n) is 4.30. The van der Waals surface area contributed by atoms with Gasteiger partial charge >= 0.3 is 12.1 Å². The fourth-order valence-corrected chi connectivity index (χ4v) is 4.30. The first-order valence-corrected chi connectivity index (χ1v) is 10.2. The number of carbonyl (C=O) groups is 2. The summed E-state index contributed by atoms with van der Waals surface area (Å²) in [5.74, 6) is -0.308. The number of ether oxygens (including phenoxy) is 2. The summed E-state index contributed by atoms with van der Waals surface area (Å²) in [6, 6.07) is 8.56. The van der Waals surface area contributed by atoms with Gasteiger partial charge in [0.25, 0.3) is 0 Å². The van der Waals surface area contributed by atoms with Gasteiger partial charge in [0.15, 0.2) is 0 Å². The molecule has 6 heteroatoms. The van der Waals surface area contributed by atoms with Gasteiger partial charge in [0, 0.05) is 18.1 Å². The molecule has 1 N–H and O–H groups in total. The molecule has 0 aliphatic carbocycles. The third-order valence-electron chi connectivity index (χ3n) is 5.56. The van der Waals surface area contributed by atoms with Crippen molar-refractivity contribution < 1.29 is 19.1 Å². The molecule has 2 heterocycles. The zero-order valence-electron chi connectivity index (χ0n) is 17.4. The van der Waals surface area contributed by atoms with Crippen molar-refractivity contribution in [1.29, 1.82) is 0 Å². The minimum absolute atomic E-state index is 0.163. The van der Waals surface area contributed by atoms with E-state index in [0.29, 0.717) is 11.6 Å². The van der Waals surface area contributed by atoms with Crippen LogP contribution in [0.3, 0.4) is 0 Å². The first kappa shape index (κ1) is 20.6. The van der Waals surface area contributed by atoms with Crippen LogP contribution in [0.15, 0.2) is 24.3 Å². The number of piperidine rings is 1. The van der Waals surface area contributed by atoms with Crippen LogP contribution in [-0.2, 0) is 15.9 Å². The first-order valence-electron chi connectivity index (χ1n) is 10.2. The highest BCUT2D eigenvalue weighted by atomic mass is 16.6. The summed E-state index contributed by atoms with van der Waals surface area (Å²) in [7, 11) is 1.39. The number of rotatable bonds is 5. The predicted octanol–water partition coefficient (Wildman–Crippen LogP) is 3.54. The van der Waals surface area contributed by atoms with Gasteiger partial charge in [-0.05, 0) is 77.1 Å². The molecule has 1 aromatic carbocycles. The topological polar surface area (TPSA) is 67.9 Å². The molecular weight excluding hydrogens is 356 g/mol. The van der Waals surface area contributed by atoms with Crippen LogP contribution in [0.25, 0.3) is 0 Å². The van der Waals surface area contributed by atoms with Crippen molar-refractivity contribution >= 4 is 12.1 Å². The van der Waals surface area contributed by atoms with Crippen LogP contribution in [0.5, 0.6) is 0 Å². The van der Waals surface area contributed by atoms with Crippen LogP contribution in [0.1, 0.15) is 62.4 Å². The summed E-state index contributed by atoms with van der Waals surface area (Å²) in [5, 5.41) is 3.66. The van der Waals surface area contributed by atoms with Crippen molar-refractivity contribution in [3.05, 3.63) is 35.4 Å². The Morgan fingerprint density at radius 1 is 1.11 bits per heavy atom. The summed E-state index contributed by atoms with van der Waals surface area (Å²) in [4.78, 5) is 26.0. The summed E-state index contributed by atoms with van der Waals surface area (Å²) in [6.45, 7) is 6.63. The number of nitrogens with one attached hydrogen (secondary N) is 1. The largest absolute Gasteiger partial charge is 0.465 e. The van der Waals surface area contributed by atoms with Gasteiger partial charge < -0.3 is 19.7 Å². The molecule has 1 amide bonds. The molecule has 2 aliphatic rings. The summed E-state index contributed by atoms with van der Waals surface area (Å²) >= 11 is 0. The lowest BCUT2D eigenvalue weighted by Crippen LogP contribution is -2.52. The summed E-state index contributed by atoms with van der Waals surface area (Å²) < 4.78 is 10.3. The van der Waals surface area contributed by atoms with E-state index in [0.717, 1.165) is 38.6 Å². The number of hydrogen-bond acceptors (Lipinski definition) is 5. The summed E-state index contributed by atoms with van der Waals surface area (Å²) in [5.41, 5.74) is 1.31. The molecule has 0 spiro atoms. The van der Waals surface area contributed by atoms with Gasteiger partial charge in [-0.3, -0.25) is 0 Å². The molecule has 2 fully saturated rings. The van der Waals surface area contributed by atoms with E-state index in [1.165, 1.54) is 12.7 Å². The van der Waals surface area contributed by atoms with Crippen molar-refractivity contribution in [1.82, 2.24) is 10.2 Å². The highest BCUT2D eigenvalue weighted by Crippen LogP contribution is 2.36. The number of benzene rings is 1. The van der Waals surface area contributed by atoms with Crippen LogP contribution < -0.4 is 5.32 Å². The Bertz CT molecular complexity index is 681. The summed E-state index contributed by atoms with van der Waals surface area (Å²) in [6.07, 6.45) is 4.84. The second-order valence-electron chi connectivity index (χ2n) is 8.83. The molecule has 0 saturated carbocycles. The van der Waals surface area contributed by atoms with E-state index in [4.69, 9.17) is 9.47 Å². The van der Waals surface area contributed by atoms with Crippen LogP contribution >= 0.6 is 0 Å². The van der Waals surface area contributed by atoms with E-state index in [-0.39, 0.29) is 24.1 Å². The van der Waals surface area contributed by atoms with Gasteiger partial charge in [-0.2, -0.15) is 0 Å². The van der Waals surface area contributed by atoms with Crippen LogP contribution in [-0.4, -0.2) is 54.3 Å². The van der Waals surface area contributed by atoms with Crippen molar-refractivity contribution in [3.8, 4) is 0 Å². The number of hydrogen-bond donors (Lipinski definition) is 1. The average molecular weight is 389 g/mol. The normalized spacial score (nSPS) is 24.1. The molecule has 2 aliphatic heterocycles.